The number of carboxylic acids is 1. The Morgan fingerprint density at radius 3 is 1.73 bits per heavy atom. The number of alkyl halides is 3. The van der Waals surface area contributed by atoms with E-state index >= 15 is 0 Å². The third-order valence-electron chi connectivity index (χ3n) is 1.10. The summed E-state index contributed by atoms with van der Waals surface area (Å²) in [6.45, 7) is 0. The molecule has 0 aromatic carbocycles. The zero-order valence-corrected chi connectivity index (χ0v) is 11.2. The van der Waals surface area contributed by atoms with Crippen LogP contribution in [-0.2, 0) is 4.79 Å². The van der Waals surface area contributed by atoms with Gasteiger partial charge in [-0.2, -0.15) is 0 Å². The summed E-state index contributed by atoms with van der Waals surface area (Å²) >= 11 is 14.4. The lowest BCUT2D eigenvalue weighted by Crippen LogP contribution is -2.33. The van der Waals surface area contributed by atoms with Crippen molar-refractivity contribution in [3.8, 4) is 0 Å². The molecule has 2 N–H and O–H groups in total. The van der Waals surface area contributed by atoms with E-state index in [9.17, 15) is 4.79 Å². The second-order valence-electron chi connectivity index (χ2n) is 2.49. The Hall–Kier alpha value is -0.390. The number of hydrogen-bond donors (Lipinski definition) is 2. The van der Waals surface area contributed by atoms with Crippen LogP contribution in [0.15, 0.2) is 4.99 Å². The van der Waals surface area contributed by atoms with E-state index in [0.717, 1.165) is 5.96 Å². The first kappa shape index (κ1) is 17.0. The molecule has 0 bridgehead atoms. The van der Waals surface area contributed by atoms with Crippen molar-refractivity contribution in [3.63, 3.8) is 0 Å². The van der Waals surface area contributed by atoms with E-state index in [1.807, 2.05) is 26.0 Å². The Bertz CT molecular complexity index is 226. The van der Waals surface area contributed by atoms with Gasteiger partial charge >= 0.3 is 5.97 Å². The molecule has 8 heteroatoms. The molecule has 0 atom stereocenters. The van der Waals surface area contributed by atoms with Crippen molar-refractivity contribution in [2.75, 3.05) is 28.2 Å². The average Bonchev–Trinajstić information content (AvgIpc) is 2.04. The molecule has 0 amide bonds. The molecular weight excluding hydrogens is 264 g/mol. The number of aliphatic imine (C=N–C) groups is 1. The number of rotatable bonds is 0. The summed E-state index contributed by atoms with van der Waals surface area (Å²) in [7, 11) is 7.49. The van der Waals surface area contributed by atoms with Crippen LogP contribution < -0.4 is 5.32 Å². The number of carbonyl (C=O) groups is 1. The van der Waals surface area contributed by atoms with E-state index < -0.39 is 9.76 Å². The SMILES string of the molecule is C/N=C(\NC)N(C)C.O=C(O)C(Cl)(Cl)Cl. The smallest absolute Gasteiger partial charge is 0.356 e. The number of aliphatic carboxylic acids is 1. The summed E-state index contributed by atoms with van der Waals surface area (Å²) in [5.41, 5.74) is 0. The fraction of sp³-hybridized carbons (Fsp3) is 0.714. The first-order valence-electron chi connectivity index (χ1n) is 3.78. The highest BCUT2D eigenvalue weighted by atomic mass is 35.6. The third-order valence-corrected chi connectivity index (χ3v) is 1.59. The molecule has 0 saturated carbocycles. The summed E-state index contributed by atoms with van der Waals surface area (Å²) in [4.78, 5) is 15.5. The van der Waals surface area contributed by atoms with Crippen LogP contribution in [0.25, 0.3) is 0 Å². The van der Waals surface area contributed by atoms with Gasteiger partial charge in [0.2, 0.25) is 0 Å². The molecule has 0 unspecified atom stereocenters. The predicted octanol–water partition coefficient (Wildman–Crippen LogP) is 1.19. The fourth-order valence-corrected chi connectivity index (χ4v) is 0.535. The van der Waals surface area contributed by atoms with Crippen molar-refractivity contribution in [1.29, 1.82) is 0 Å². The maximum Gasteiger partial charge on any atom is 0.356 e. The van der Waals surface area contributed by atoms with E-state index in [1.165, 1.54) is 0 Å². The highest BCUT2D eigenvalue weighted by Gasteiger charge is 2.29. The van der Waals surface area contributed by atoms with Crippen molar-refractivity contribution in [3.05, 3.63) is 0 Å². The van der Waals surface area contributed by atoms with E-state index in [0.29, 0.717) is 0 Å². The molecular formula is C7H14Cl3N3O2. The summed E-state index contributed by atoms with van der Waals surface area (Å²) in [5.74, 6) is -0.567. The lowest BCUT2D eigenvalue weighted by molar-refractivity contribution is -0.135. The second-order valence-corrected chi connectivity index (χ2v) is 4.78. The van der Waals surface area contributed by atoms with E-state index in [-0.39, 0.29) is 0 Å². The van der Waals surface area contributed by atoms with Gasteiger partial charge < -0.3 is 15.3 Å². The van der Waals surface area contributed by atoms with Crippen LogP contribution in [0.3, 0.4) is 0 Å². The van der Waals surface area contributed by atoms with Crippen LogP contribution >= 0.6 is 34.8 Å². The maximum atomic E-state index is 9.62. The van der Waals surface area contributed by atoms with Crippen LogP contribution in [-0.4, -0.2) is 53.9 Å². The van der Waals surface area contributed by atoms with Crippen LogP contribution in [0.4, 0.5) is 0 Å². The summed E-state index contributed by atoms with van der Waals surface area (Å²) in [6.07, 6.45) is 0. The van der Waals surface area contributed by atoms with Crippen molar-refractivity contribution >= 4 is 46.7 Å². The Kier molecular flexibility index (Phi) is 8.90. The molecule has 0 fully saturated rings. The van der Waals surface area contributed by atoms with Gasteiger partial charge in [-0.1, -0.05) is 34.8 Å². The molecule has 0 rings (SSSR count). The minimum Gasteiger partial charge on any atom is -0.478 e. The van der Waals surface area contributed by atoms with Gasteiger partial charge in [-0.05, 0) is 0 Å². The quantitative estimate of drug-likeness (QED) is 0.397. The van der Waals surface area contributed by atoms with Gasteiger partial charge in [0.25, 0.3) is 3.79 Å². The minimum absolute atomic E-state index is 0.894. The molecule has 5 nitrogen and oxygen atoms in total. The van der Waals surface area contributed by atoms with Gasteiger partial charge in [0.05, 0.1) is 0 Å². The van der Waals surface area contributed by atoms with Gasteiger partial charge in [0.15, 0.2) is 5.96 Å². The van der Waals surface area contributed by atoms with Crippen molar-refractivity contribution in [2.24, 2.45) is 4.99 Å². The highest BCUT2D eigenvalue weighted by molar-refractivity contribution is 6.75. The summed E-state index contributed by atoms with van der Waals surface area (Å²) in [5, 5.41) is 10.8. The monoisotopic (exact) mass is 277 g/mol. The maximum absolute atomic E-state index is 9.62. The molecule has 0 aromatic rings. The van der Waals surface area contributed by atoms with Gasteiger partial charge in [-0.3, -0.25) is 4.99 Å². The summed E-state index contributed by atoms with van der Waals surface area (Å²) < 4.78 is -2.17. The van der Waals surface area contributed by atoms with Crippen LogP contribution in [0.1, 0.15) is 0 Å². The molecule has 0 saturated heterocycles. The highest BCUT2D eigenvalue weighted by Crippen LogP contribution is 2.25. The molecule has 15 heavy (non-hydrogen) atoms. The van der Waals surface area contributed by atoms with Crippen LogP contribution in [0.5, 0.6) is 0 Å². The molecule has 0 aromatic heterocycles. The largest absolute Gasteiger partial charge is 0.478 e. The average molecular weight is 279 g/mol. The first-order valence-corrected chi connectivity index (χ1v) is 4.92. The second kappa shape index (κ2) is 7.84. The number of nitrogens with one attached hydrogen (secondary N) is 1. The lowest BCUT2D eigenvalue weighted by atomic mass is 10.8. The Morgan fingerprint density at radius 1 is 1.40 bits per heavy atom. The minimum atomic E-state index is -2.17. The number of nitrogens with zero attached hydrogens (tertiary/aromatic N) is 2. The standard InChI is InChI=1S/C5H13N3.C2HCl3O2/c1-6-5(7-2)8(3)4;3-2(4,5)1(6)7/h1-4H3,(H,6,7);(H,6,7). The lowest BCUT2D eigenvalue weighted by Gasteiger charge is -2.12. The zero-order valence-electron chi connectivity index (χ0n) is 8.88. The van der Waals surface area contributed by atoms with Crippen molar-refractivity contribution in [1.82, 2.24) is 10.2 Å². The molecule has 0 aliphatic heterocycles. The molecule has 90 valence electrons. The van der Waals surface area contributed by atoms with E-state index in [2.05, 4.69) is 10.3 Å². The van der Waals surface area contributed by atoms with Gasteiger partial charge in [0.1, 0.15) is 0 Å². The van der Waals surface area contributed by atoms with Crippen molar-refractivity contribution in [2.45, 2.75) is 3.79 Å². The fourth-order valence-electron chi connectivity index (χ4n) is 0.535. The Labute approximate surface area is 104 Å². The number of halogens is 3. The van der Waals surface area contributed by atoms with Gasteiger partial charge in [-0.25, -0.2) is 4.79 Å². The normalized spacial score (nSPS) is 11.3. The van der Waals surface area contributed by atoms with Gasteiger partial charge in [0, 0.05) is 28.2 Å². The molecule has 0 spiro atoms. The van der Waals surface area contributed by atoms with Crippen LogP contribution in [0.2, 0.25) is 0 Å². The number of carboxylic acid groups (broad SMARTS) is 1. The Morgan fingerprint density at radius 2 is 1.73 bits per heavy atom. The third kappa shape index (κ3) is 9.90. The topological polar surface area (TPSA) is 64.9 Å². The van der Waals surface area contributed by atoms with E-state index in [1.54, 1.807) is 7.05 Å². The molecule has 0 aliphatic rings. The number of guanidine groups is 1. The molecule has 0 heterocycles. The van der Waals surface area contributed by atoms with Gasteiger partial charge in [-0.15, -0.1) is 0 Å². The summed E-state index contributed by atoms with van der Waals surface area (Å²) in [6, 6.07) is 0. The van der Waals surface area contributed by atoms with Crippen molar-refractivity contribution < 1.29 is 9.90 Å². The molecule has 0 radical (unpaired) electrons. The Balaban J connectivity index is 0. The predicted molar refractivity (Wildman–Crippen MR) is 64.0 cm³/mol. The van der Waals surface area contributed by atoms with E-state index in [4.69, 9.17) is 39.9 Å². The first-order chi connectivity index (χ1) is 6.66. The van der Waals surface area contributed by atoms with Crippen LogP contribution in [0, 0.1) is 0 Å². The zero-order chi connectivity index (χ0) is 12.6. The number of hydrogen-bond acceptors (Lipinski definition) is 2. The molecule has 0 aliphatic carbocycles.